The Morgan fingerprint density at radius 1 is 0.610 bits per heavy atom. The zero-order chi connectivity index (χ0) is 57.1. The van der Waals surface area contributed by atoms with E-state index in [2.05, 4.69) is 62.5 Å². The third-order valence-corrected chi connectivity index (χ3v) is 13.9. The largest absolute Gasteiger partial charge is 0.481 e. The molecule has 0 saturated heterocycles. The molecule has 6 unspecified atom stereocenters. The second kappa shape index (κ2) is 32.5. The molecule has 1 saturated carbocycles. The molecule has 0 bridgehead atoms. The van der Waals surface area contributed by atoms with E-state index in [0.717, 1.165) is 28.3 Å². The maximum absolute atomic E-state index is 13.8. The molecule has 15 N–H and O–H groups in total. The van der Waals surface area contributed by atoms with Crippen LogP contribution in [-0.2, 0) is 51.2 Å². The number of benzene rings is 3. The molecule has 0 aromatic heterocycles. The van der Waals surface area contributed by atoms with E-state index in [1.54, 1.807) is 0 Å². The lowest BCUT2D eigenvalue weighted by molar-refractivity contribution is -0.368. The number of nitrogens with two attached hydrogens (primary N) is 1. The number of nitrogens with one attached hydrogen (secondary N) is 7. The molecule has 21 nitrogen and oxygen atoms in total. The molecule has 21 heteroatoms. The van der Waals surface area contributed by atoms with Gasteiger partial charge in [0.05, 0.1) is 18.5 Å². The van der Waals surface area contributed by atoms with Crippen molar-refractivity contribution in [2.24, 2.45) is 23.5 Å². The Bertz CT molecular complexity index is 2470. The average molecular weight is 1070 g/mol. The molecule has 77 heavy (non-hydrogen) atoms. The number of hydrogen-bond acceptors (Lipinski definition) is 10. The van der Waals surface area contributed by atoms with Crippen LogP contribution in [0.25, 0.3) is 10.8 Å². The highest BCUT2D eigenvalue weighted by Gasteiger charge is 2.31. The van der Waals surface area contributed by atoms with Crippen LogP contribution in [0.5, 0.6) is 0 Å². The molecule has 6 atom stereocenters. The standard InChI is InChI=1S/C56H81N9O12/c1-34(2)30-36-14-19-39(20-15-36)35(3)49(68)62-44(26-27-57)52(71)59-28-8-6-12-43(58)51(70)61-33-37-16-22-41(23-17-37)50(69)63-47(32-38-18-21-40-10-4-5-11-42(40)31-38)53(72)60-29-9-7-13-45(54(73)74)64-56(77)65-46(55(75)76)24-25-48(66)67/h4-5,10-11,14-15,18-21,31,34-35,37,41,43-47H,6-9,12-13,16-17,22-30,32-33,57-58H2,1-3H3,(H,59,71)(H,60,72)(H,61,70)(H,62,68)(H,63,69)(H,66,67)(H,73,74)(H,75,76)(H2,64,65,77)/p+1/i/hD. The minimum Gasteiger partial charge on any atom is -0.481 e. The number of hydrogen-bond donors (Lipinski definition) is 12. The number of carboxylic acid groups (broad SMARTS) is 3. The quantitative estimate of drug-likeness (QED) is 0.0384. The highest BCUT2D eigenvalue weighted by molar-refractivity contribution is 5.91. The first-order chi connectivity index (χ1) is 37.3. The van der Waals surface area contributed by atoms with Crippen LogP contribution >= 0.6 is 0 Å². The summed E-state index contributed by atoms with van der Waals surface area (Å²) in [5.74, 6) is -5.88. The smallest absolute Gasteiger partial charge is 0.326 e. The number of urea groups is 1. The normalized spacial score (nSPS) is 16.8. The monoisotopic (exact) mass is 1070 g/mol. The van der Waals surface area contributed by atoms with Crippen LogP contribution in [0.1, 0.15) is 127 Å². The SMILES string of the molecule is [2H]NC(CCCCNC(=O)C(CC[NH3+])NC(=O)C(C)c1ccc(CC(C)C)cc1)C(=O)NCC1CCC(C(=O)NC(Cc2ccc3ccccc3c2)C(=O)NCCCCC(NC(=O)NC(CCC(=O)O)C(=O)O)C(=O)O)CC1. The molecule has 422 valence electrons. The van der Waals surface area contributed by atoms with Crippen molar-refractivity contribution in [2.75, 3.05) is 26.2 Å². The first-order valence-electron chi connectivity index (χ1n) is 27.5. The van der Waals surface area contributed by atoms with Gasteiger partial charge in [0.2, 0.25) is 29.5 Å². The fourth-order valence-electron chi connectivity index (χ4n) is 9.32. The van der Waals surface area contributed by atoms with Gasteiger partial charge in [-0.2, -0.15) is 0 Å². The number of carbonyl (C=O) groups excluding carboxylic acids is 6. The molecule has 3 aromatic carbocycles. The van der Waals surface area contributed by atoms with Gasteiger partial charge in [-0.25, -0.2) is 14.4 Å². The van der Waals surface area contributed by atoms with E-state index in [1.165, 1.54) is 5.56 Å². The first kappa shape index (κ1) is 60.7. The molecule has 3 aromatic rings. The van der Waals surface area contributed by atoms with Crippen LogP contribution in [0.4, 0.5) is 4.79 Å². The Morgan fingerprint density at radius 3 is 1.81 bits per heavy atom. The van der Waals surface area contributed by atoms with Crippen molar-refractivity contribution in [1.82, 2.24) is 37.2 Å². The Kier molecular flexibility index (Phi) is 25.6. The van der Waals surface area contributed by atoms with E-state index >= 15 is 0 Å². The summed E-state index contributed by atoms with van der Waals surface area (Å²) in [6.45, 7) is 7.40. The molecule has 1 aliphatic rings. The summed E-state index contributed by atoms with van der Waals surface area (Å²) >= 11 is 0. The summed E-state index contributed by atoms with van der Waals surface area (Å²) in [7, 11) is 0. The molecule has 1 fully saturated rings. The molecule has 0 spiro atoms. The van der Waals surface area contributed by atoms with E-state index in [1.807, 2.05) is 73.7 Å². The van der Waals surface area contributed by atoms with E-state index < -0.39 is 78.8 Å². The van der Waals surface area contributed by atoms with Crippen LogP contribution in [-0.4, -0.2) is 125 Å². The van der Waals surface area contributed by atoms with Gasteiger partial charge in [0.25, 0.3) is 0 Å². The maximum Gasteiger partial charge on any atom is 0.326 e. The summed E-state index contributed by atoms with van der Waals surface area (Å²) in [6.07, 6.45) is 4.91. The van der Waals surface area contributed by atoms with Crippen LogP contribution in [0.3, 0.4) is 0 Å². The summed E-state index contributed by atoms with van der Waals surface area (Å²) < 4.78 is 7.82. The predicted molar refractivity (Wildman–Crippen MR) is 289 cm³/mol. The number of carboxylic acids is 3. The number of rotatable bonds is 34. The van der Waals surface area contributed by atoms with Crippen molar-refractivity contribution in [3.8, 4) is 0 Å². The van der Waals surface area contributed by atoms with Gasteiger partial charge in [-0.15, -0.1) is 0 Å². The lowest BCUT2D eigenvalue weighted by atomic mass is 9.81. The summed E-state index contributed by atoms with van der Waals surface area (Å²) in [6, 6.07) is 15.1. The number of fused-ring (bicyclic) bond motifs is 1. The van der Waals surface area contributed by atoms with Gasteiger partial charge >= 0.3 is 23.9 Å². The summed E-state index contributed by atoms with van der Waals surface area (Å²) in [5.41, 5.74) is 9.12. The molecule has 1 aliphatic carbocycles. The van der Waals surface area contributed by atoms with E-state index in [9.17, 15) is 53.4 Å². The van der Waals surface area contributed by atoms with Crippen molar-refractivity contribution < 1.29 is 65.6 Å². The summed E-state index contributed by atoms with van der Waals surface area (Å²) in [5, 5.41) is 48.7. The zero-order valence-electron chi connectivity index (χ0n) is 45.7. The average Bonchev–Trinajstić information content (AvgIpc) is 3.41. The second-order valence-electron chi connectivity index (χ2n) is 20.6. The van der Waals surface area contributed by atoms with Crippen molar-refractivity contribution in [1.29, 1.82) is 0 Å². The van der Waals surface area contributed by atoms with Crippen molar-refractivity contribution in [3.63, 3.8) is 0 Å². The lowest BCUT2D eigenvalue weighted by Crippen LogP contribution is -2.56. The van der Waals surface area contributed by atoms with Gasteiger partial charge in [0.15, 0.2) is 0 Å². The number of quaternary nitrogens is 1. The van der Waals surface area contributed by atoms with Gasteiger partial charge in [-0.05, 0) is 123 Å². The maximum atomic E-state index is 13.8. The lowest BCUT2D eigenvalue weighted by Gasteiger charge is -2.29. The first-order valence-corrected chi connectivity index (χ1v) is 27.0. The van der Waals surface area contributed by atoms with Gasteiger partial charge in [0, 0.05) is 44.8 Å². The fourth-order valence-corrected chi connectivity index (χ4v) is 9.32. The minimum atomic E-state index is -1.54. The van der Waals surface area contributed by atoms with Gasteiger partial charge in [-0.3, -0.25) is 28.8 Å². The van der Waals surface area contributed by atoms with Crippen LogP contribution in [0.15, 0.2) is 66.7 Å². The Morgan fingerprint density at radius 2 is 1.21 bits per heavy atom. The van der Waals surface area contributed by atoms with Crippen LogP contribution in [0, 0.1) is 17.8 Å². The number of amides is 7. The topological polar surface area (TPSA) is 352 Å². The number of aliphatic carboxylic acids is 3. The minimum absolute atomic E-state index is 0.0579. The molecule has 4 rings (SSSR count). The molecular weight excluding hydrogens is 991 g/mol. The summed E-state index contributed by atoms with van der Waals surface area (Å²) in [4.78, 5) is 114. The Labute approximate surface area is 452 Å². The number of unbranched alkanes of at least 4 members (excludes halogenated alkanes) is 2. The molecule has 0 aliphatic heterocycles. The van der Waals surface area contributed by atoms with Crippen molar-refractivity contribution in [2.45, 2.75) is 153 Å². The Hall–Kier alpha value is -7.13. The van der Waals surface area contributed by atoms with Gasteiger partial charge in [0.1, 0.15) is 25.6 Å². The second-order valence-corrected chi connectivity index (χ2v) is 20.6. The third kappa shape index (κ3) is 22.2. The van der Waals surface area contributed by atoms with Crippen LogP contribution in [0.2, 0.25) is 1.41 Å². The van der Waals surface area contributed by atoms with E-state index in [-0.39, 0.29) is 61.3 Å². The number of carbonyl (C=O) groups is 9. The van der Waals surface area contributed by atoms with Crippen LogP contribution < -0.4 is 48.7 Å². The van der Waals surface area contributed by atoms with Crippen molar-refractivity contribution in [3.05, 3.63) is 83.4 Å². The third-order valence-electron chi connectivity index (χ3n) is 13.9. The highest BCUT2D eigenvalue weighted by atomic mass is 16.4. The molecule has 0 heterocycles. The van der Waals surface area contributed by atoms with Gasteiger partial charge < -0.3 is 64.0 Å². The molecule has 7 amide bonds. The molecular formula is C56H82N9O12+. The van der Waals surface area contributed by atoms with Gasteiger partial charge in [-0.1, -0.05) is 80.6 Å². The van der Waals surface area contributed by atoms with E-state index in [0.29, 0.717) is 83.3 Å². The fraction of sp³-hybridized carbons (Fsp3) is 0.554. The Balaban J connectivity index is 1.20. The van der Waals surface area contributed by atoms with E-state index in [4.69, 9.17) is 6.52 Å². The van der Waals surface area contributed by atoms with Crippen molar-refractivity contribution >= 4 is 64.2 Å². The highest BCUT2D eigenvalue weighted by Crippen LogP contribution is 2.29. The zero-order valence-corrected chi connectivity index (χ0v) is 44.7. The predicted octanol–water partition coefficient (Wildman–Crippen LogP) is 2.88. The molecule has 0 radical (unpaired) electrons.